The predicted molar refractivity (Wildman–Crippen MR) is 106 cm³/mol. The summed E-state index contributed by atoms with van der Waals surface area (Å²) in [6.07, 6.45) is 2.05. The largest absolute Gasteiger partial charge is 0.457 e. The Morgan fingerprint density at radius 3 is 2.54 bits per heavy atom. The molecule has 1 saturated heterocycles. The van der Waals surface area contributed by atoms with Crippen LogP contribution in [0.15, 0.2) is 72.9 Å². The van der Waals surface area contributed by atoms with Crippen LogP contribution in [0, 0.1) is 0 Å². The molecule has 2 aromatic carbocycles. The van der Waals surface area contributed by atoms with Crippen molar-refractivity contribution in [1.29, 1.82) is 0 Å². The van der Waals surface area contributed by atoms with E-state index in [4.69, 9.17) is 4.74 Å². The quantitative estimate of drug-likeness (QED) is 0.674. The van der Waals surface area contributed by atoms with Crippen LogP contribution in [0.1, 0.15) is 13.3 Å². The van der Waals surface area contributed by atoms with E-state index in [1.54, 1.807) is 12.1 Å². The first-order chi connectivity index (χ1) is 13.7. The summed E-state index contributed by atoms with van der Waals surface area (Å²) in [4.78, 5) is 29.8. The van der Waals surface area contributed by atoms with Gasteiger partial charge in [-0.05, 0) is 24.1 Å². The van der Waals surface area contributed by atoms with Crippen LogP contribution in [0.2, 0.25) is 0 Å². The van der Waals surface area contributed by atoms with Crippen LogP contribution in [0.4, 0.5) is 10.6 Å². The minimum absolute atomic E-state index is 0.244. The maximum Gasteiger partial charge on any atom is 0.330 e. The van der Waals surface area contributed by atoms with Crippen LogP contribution < -0.4 is 15.0 Å². The number of imide groups is 1. The molecule has 4 rings (SSSR count). The minimum atomic E-state index is -0.516. The number of benzene rings is 2. The molecule has 1 aromatic heterocycles. The van der Waals surface area contributed by atoms with Crippen LogP contribution >= 0.6 is 0 Å². The van der Waals surface area contributed by atoms with E-state index >= 15 is 0 Å². The highest BCUT2D eigenvalue weighted by atomic mass is 16.5. The number of hydrogen-bond acceptors (Lipinski definition) is 4. The maximum atomic E-state index is 12.4. The maximum absolute atomic E-state index is 12.4. The Labute approximate surface area is 162 Å². The molecule has 1 aliphatic rings. The molecule has 0 bridgehead atoms. The standard InChI is InChI=1S/C22H19N3O3/c1-2-18-21(26)25(22(27)24-18)20-14-16(12-13-23-20)28-19-11-7-6-10-17(19)15-8-4-3-5-9-15/h3-14,18H,2H2,1H3,(H,24,27)/t18-/m1/s1. The SMILES string of the molecule is CC[C@H]1NC(=O)N(c2cc(Oc3ccccc3-c3ccccc3)ccn2)C1=O. The number of urea groups is 1. The average molecular weight is 373 g/mol. The van der Waals surface area contributed by atoms with Crippen molar-refractivity contribution in [2.45, 2.75) is 19.4 Å². The zero-order chi connectivity index (χ0) is 19.5. The number of aromatic nitrogens is 1. The van der Waals surface area contributed by atoms with Crippen molar-refractivity contribution in [3.05, 3.63) is 72.9 Å². The van der Waals surface area contributed by atoms with E-state index in [1.807, 2.05) is 61.5 Å². The second-order valence-electron chi connectivity index (χ2n) is 6.40. The fraction of sp³-hybridized carbons (Fsp3) is 0.136. The molecule has 3 amide bonds. The van der Waals surface area contributed by atoms with Gasteiger partial charge in [-0.2, -0.15) is 0 Å². The summed E-state index contributed by atoms with van der Waals surface area (Å²) in [6.45, 7) is 1.85. The number of nitrogens with zero attached hydrogens (tertiary/aromatic N) is 2. The van der Waals surface area contributed by atoms with Crippen LogP contribution in [-0.4, -0.2) is 23.0 Å². The lowest BCUT2D eigenvalue weighted by Gasteiger charge is -2.15. The minimum Gasteiger partial charge on any atom is -0.457 e. The van der Waals surface area contributed by atoms with Gasteiger partial charge >= 0.3 is 6.03 Å². The molecule has 0 aliphatic carbocycles. The van der Waals surface area contributed by atoms with Gasteiger partial charge in [0.2, 0.25) is 0 Å². The van der Waals surface area contributed by atoms with Crippen molar-refractivity contribution in [1.82, 2.24) is 10.3 Å². The van der Waals surface area contributed by atoms with Gasteiger partial charge in [-0.15, -0.1) is 0 Å². The number of amides is 3. The summed E-state index contributed by atoms with van der Waals surface area (Å²) in [5.74, 6) is 1.11. The van der Waals surface area contributed by atoms with Crippen molar-refractivity contribution in [2.24, 2.45) is 0 Å². The van der Waals surface area contributed by atoms with Gasteiger partial charge in [0.15, 0.2) is 0 Å². The van der Waals surface area contributed by atoms with Crippen LogP contribution in [0.3, 0.4) is 0 Å². The fourth-order valence-corrected chi connectivity index (χ4v) is 3.15. The van der Waals surface area contributed by atoms with Crippen LogP contribution in [0.25, 0.3) is 11.1 Å². The summed E-state index contributed by atoms with van der Waals surface area (Å²) in [5.41, 5.74) is 1.98. The van der Waals surface area contributed by atoms with E-state index in [0.717, 1.165) is 16.0 Å². The van der Waals surface area contributed by atoms with Gasteiger partial charge in [0.05, 0.1) is 0 Å². The topological polar surface area (TPSA) is 71.5 Å². The Balaban J connectivity index is 1.64. The molecule has 6 nitrogen and oxygen atoms in total. The summed E-state index contributed by atoms with van der Waals surface area (Å²) >= 11 is 0. The van der Waals surface area contributed by atoms with Gasteiger partial charge < -0.3 is 10.1 Å². The third kappa shape index (κ3) is 3.32. The molecule has 1 N–H and O–H groups in total. The lowest BCUT2D eigenvalue weighted by Crippen LogP contribution is -2.31. The van der Waals surface area contributed by atoms with Gasteiger partial charge in [-0.25, -0.2) is 14.7 Å². The number of ether oxygens (including phenoxy) is 1. The zero-order valence-electron chi connectivity index (χ0n) is 15.3. The molecule has 140 valence electrons. The van der Waals surface area contributed by atoms with Crippen molar-refractivity contribution >= 4 is 17.8 Å². The third-order valence-corrected chi connectivity index (χ3v) is 4.57. The van der Waals surface area contributed by atoms with Gasteiger partial charge in [-0.3, -0.25) is 4.79 Å². The molecule has 1 fully saturated rings. The summed E-state index contributed by atoms with van der Waals surface area (Å²) in [7, 11) is 0. The highest BCUT2D eigenvalue weighted by Gasteiger charge is 2.38. The summed E-state index contributed by atoms with van der Waals surface area (Å²) in [6, 6.07) is 19.9. The lowest BCUT2D eigenvalue weighted by molar-refractivity contribution is -0.118. The molecule has 0 saturated carbocycles. The number of carbonyl (C=O) groups is 2. The molecule has 0 unspecified atom stereocenters. The van der Waals surface area contributed by atoms with Crippen LogP contribution in [0.5, 0.6) is 11.5 Å². The van der Waals surface area contributed by atoms with E-state index in [0.29, 0.717) is 17.9 Å². The van der Waals surface area contributed by atoms with Crippen molar-refractivity contribution in [3.8, 4) is 22.6 Å². The Bertz CT molecular complexity index is 1020. The average Bonchev–Trinajstić information content (AvgIpc) is 3.02. The Kier molecular flexibility index (Phi) is 4.76. The predicted octanol–water partition coefficient (Wildman–Crippen LogP) is 4.38. The Hall–Kier alpha value is -3.67. The molecule has 0 radical (unpaired) electrons. The first kappa shape index (κ1) is 17.7. The molecule has 1 aliphatic heterocycles. The first-order valence-electron chi connectivity index (χ1n) is 9.10. The van der Waals surface area contributed by atoms with E-state index < -0.39 is 12.1 Å². The first-order valence-corrected chi connectivity index (χ1v) is 9.10. The van der Waals surface area contributed by atoms with Gasteiger partial charge in [0.25, 0.3) is 5.91 Å². The number of hydrogen-bond donors (Lipinski definition) is 1. The van der Waals surface area contributed by atoms with E-state index in [2.05, 4.69) is 10.3 Å². The lowest BCUT2D eigenvalue weighted by atomic mass is 10.1. The van der Waals surface area contributed by atoms with Gasteiger partial charge in [0, 0.05) is 17.8 Å². The number of para-hydroxylation sites is 1. The number of nitrogens with one attached hydrogen (secondary N) is 1. The smallest absolute Gasteiger partial charge is 0.330 e. The normalized spacial score (nSPS) is 16.2. The van der Waals surface area contributed by atoms with E-state index in [9.17, 15) is 9.59 Å². The molecule has 1 atom stereocenters. The highest BCUT2D eigenvalue weighted by molar-refractivity contribution is 6.20. The molecule has 0 spiro atoms. The second-order valence-corrected chi connectivity index (χ2v) is 6.40. The molecular weight excluding hydrogens is 354 g/mol. The van der Waals surface area contributed by atoms with E-state index in [-0.39, 0.29) is 11.7 Å². The number of rotatable bonds is 5. The monoisotopic (exact) mass is 373 g/mol. The number of anilines is 1. The molecule has 6 heteroatoms. The zero-order valence-corrected chi connectivity index (χ0v) is 15.3. The molecular formula is C22H19N3O3. The van der Waals surface area contributed by atoms with Gasteiger partial charge in [-0.1, -0.05) is 55.5 Å². The van der Waals surface area contributed by atoms with Gasteiger partial charge in [0.1, 0.15) is 23.4 Å². The summed E-state index contributed by atoms with van der Waals surface area (Å²) in [5, 5.41) is 2.66. The molecule has 28 heavy (non-hydrogen) atoms. The van der Waals surface area contributed by atoms with Crippen molar-refractivity contribution < 1.29 is 14.3 Å². The van der Waals surface area contributed by atoms with Crippen LogP contribution in [-0.2, 0) is 4.79 Å². The Morgan fingerprint density at radius 1 is 1.04 bits per heavy atom. The third-order valence-electron chi connectivity index (χ3n) is 4.57. The van der Waals surface area contributed by atoms with Crippen molar-refractivity contribution in [2.75, 3.05) is 4.90 Å². The number of pyridine rings is 1. The molecule has 2 heterocycles. The number of carbonyl (C=O) groups excluding carboxylic acids is 2. The molecule has 3 aromatic rings. The summed E-state index contributed by atoms with van der Waals surface area (Å²) < 4.78 is 6.08. The second kappa shape index (κ2) is 7.52. The van der Waals surface area contributed by atoms with Crippen molar-refractivity contribution in [3.63, 3.8) is 0 Å². The fourth-order valence-electron chi connectivity index (χ4n) is 3.15. The highest BCUT2D eigenvalue weighted by Crippen LogP contribution is 2.34. The Morgan fingerprint density at radius 2 is 1.79 bits per heavy atom. The van der Waals surface area contributed by atoms with E-state index in [1.165, 1.54) is 6.20 Å².